The zero-order chi connectivity index (χ0) is 7.56. The van der Waals surface area contributed by atoms with E-state index in [4.69, 9.17) is 28.5 Å². The second kappa shape index (κ2) is 3.44. The second-order valence-corrected chi connectivity index (χ2v) is 4.23. The van der Waals surface area contributed by atoms with Crippen LogP contribution in [0.15, 0.2) is 4.34 Å². The Balaban J connectivity index is 2.90. The third-order valence-electron chi connectivity index (χ3n) is 0.662. The topological polar surface area (TPSA) is 36.7 Å². The van der Waals surface area contributed by atoms with Crippen LogP contribution in [-0.4, -0.2) is 4.98 Å². The van der Waals surface area contributed by atoms with Gasteiger partial charge in [0.1, 0.15) is 9.74 Å². The van der Waals surface area contributed by atoms with Gasteiger partial charge in [0, 0.05) is 11.8 Å². The summed E-state index contributed by atoms with van der Waals surface area (Å²) in [5.41, 5.74) is 0. The van der Waals surface area contributed by atoms with Crippen molar-refractivity contribution in [2.75, 3.05) is 0 Å². The van der Waals surface area contributed by atoms with Crippen LogP contribution >= 0.6 is 46.3 Å². The minimum Gasteiger partial charge on any atom is -0.215 e. The number of hydrogen-bond donors (Lipinski definition) is 0. The maximum Gasteiger partial charge on any atom is 0.167 e. The first-order chi connectivity index (χ1) is 4.74. The van der Waals surface area contributed by atoms with Gasteiger partial charge in [-0.3, -0.25) is 0 Å². The molecule has 52 valence electrons. The van der Waals surface area contributed by atoms with Crippen molar-refractivity contribution in [2.24, 2.45) is 0 Å². The minimum absolute atomic E-state index is 0.268. The van der Waals surface area contributed by atoms with Crippen molar-refractivity contribution < 1.29 is 0 Å². The van der Waals surface area contributed by atoms with Crippen LogP contribution in [0.5, 0.6) is 0 Å². The molecule has 0 saturated carbocycles. The predicted octanol–water partition coefficient (Wildman–Crippen LogP) is 3.02. The van der Waals surface area contributed by atoms with Gasteiger partial charge in [-0.25, -0.2) is 4.98 Å². The van der Waals surface area contributed by atoms with Crippen molar-refractivity contribution in [1.29, 1.82) is 5.26 Å². The molecular weight excluding hydrogens is 211 g/mol. The minimum atomic E-state index is 0.268. The summed E-state index contributed by atoms with van der Waals surface area (Å²) in [6, 6.07) is 0. The van der Waals surface area contributed by atoms with E-state index in [2.05, 4.69) is 4.98 Å². The number of aromatic nitrogens is 1. The van der Waals surface area contributed by atoms with Crippen LogP contribution in [0.1, 0.15) is 0 Å². The third-order valence-corrected chi connectivity index (χ3v) is 3.05. The Bertz CT molecular complexity index is 258. The molecule has 0 saturated heterocycles. The Morgan fingerprint density at radius 3 is 2.70 bits per heavy atom. The van der Waals surface area contributed by atoms with Crippen LogP contribution in [-0.2, 0) is 0 Å². The lowest BCUT2D eigenvalue weighted by molar-refractivity contribution is 1.26. The number of thioether (sulfide) groups is 1. The van der Waals surface area contributed by atoms with Crippen molar-refractivity contribution in [1.82, 2.24) is 4.98 Å². The first-order valence-corrected chi connectivity index (χ1v) is 4.50. The van der Waals surface area contributed by atoms with Gasteiger partial charge in [-0.1, -0.05) is 34.5 Å². The number of hydrogen-bond acceptors (Lipinski definition) is 4. The summed E-state index contributed by atoms with van der Waals surface area (Å²) in [6.45, 7) is 0. The van der Waals surface area contributed by atoms with Gasteiger partial charge in [0.25, 0.3) is 0 Å². The molecule has 0 fully saturated rings. The van der Waals surface area contributed by atoms with Gasteiger partial charge >= 0.3 is 0 Å². The number of thiazole rings is 1. The highest BCUT2D eigenvalue weighted by molar-refractivity contribution is 8.05. The molecule has 10 heavy (non-hydrogen) atoms. The van der Waals surface area contributed by atoms with Gasteiger partial charge in [-0.2, -0.15) is 5.26 Å². The number of halogens is 2. The molecule has 1 rings (SSSR count). The maximum atomic E-state index is 8.21. The van der Waals surface area contributed by atoms with Crippen LogP contribution in [0.3, 0.4) is 0 Å². The van der Waals surface area contributed by atoms with E-state index < -0.39 is 0 Å². The number of nitrogens with zero attached hydrogens (tertiary/aromatic N) is 2. The summed E-state index contributed by atoms with van der Waals surface area (Å²) >= 11 is 13.2. The molecule has 0 bridgehead atoms. The highest BCUT2D eigenvalue weighted by Gasteiger charge is 2.05. The molecule has 1 heterocycles. The largest absolute Gasteiger partial charge is 0.215 e. The van der Waals surface area contributed by atoms with Gasteiger partial charge in [0.15, 0.2) is 9.49 Å². The molecule has 1 aromatic rings. The molecule has 0 aliphatic heterocycles. The van der Waals surface area contributed by atoms with E-state index in [0.717, 1.165) is 11.8 Å². The summed E-state index contributed by atoms with van der Waals surface area (Å²) < 4.78 is 1.01. The Morgan fingerprint density at radius 2 is 2.30 bits per heavy atom. The van der Waals surface area contributed by atoms with Crippen molar-refractivity contribution in [3.8, 4) is 5.40 Å². The van der Waals surface area contributed by atoms with E-state index in [1.807, 2.05) is 5.40 Å². The van der Waals surface area contributed by atoms with Crippen LogP contribution in [0.25, 0.3) is 0 Å². The molecule has 0 unspecified atom stereocenters. The summed E-state index contributed by atoms with van der Waals surface area (Å²) in [7, 11) is 0. The lowest BCUT2D eigenvalue weighted by Crippen LogP contribution is -1.62. The molecular formula is C4Cl2N2S2. The smallest absolute Gasteiger partial charge is 0.167 e. The molecule has 1 aromatic heterocycles. The molecule has 0 aromatic carbocycles. The Labute approximate surface area is 75.8 Å². The molecule has 0 radical (unpaired) electrons. The fraction of sp³-hybridized carbons (Fsp3) is 0. The van der Waals surface area contributed by atoms with E-state index in [1.165, 1.54) is 11.3 Å². The molecule has 2 nitrogen and oxygen atoms in total. The zero-order valence-electron chi connectivity index (χ0n) is 4.47. The third kappa shape index (κ3) is 1.77. The lowest BCUT2D eigenvalue weighted by Gasteiger charge is -1.74. The van der Waals surface area contributed by atoms with E-state index in [0.29, 0.717) is 8.68 Å². The molecule has 0 N–H and O–H groups in total. The second-order valence-electron chi connectivity index (χ2n) is 1.24. The van der Waals surface area contributed by atoms with E-state index >= 15 is 0 Å². The average molecular weight is 211 g/mol. The summed E-state index contributed by atoms with van der Waals surface area (Å²) in [5, 5.41) is 10.4. The standard InChI is InChI=1S/C4Cl2N2S2/c5-2-3(6)10-4(8-2)9-1-7. The number of thiocyanates is 1. The molecule has 0 spiro atoms. The summed E-state index contributed by atoms with van der Waals surface area (Å²) in [6.07, 6.45) is 0. The van der Waals surface area contributed by atoms with Gasteiger partial charge < -0.3 is 0 Å². The fourth-order valence-corrected chi connectivity index (χ4v) is 2.21. The van der Waals surface area contributed by atoms with Crippen molar-refractivity contribution in [3.63, 3.8) is 0 Å². The van der Waals surface area contributed by atoms with Crippen molar-refractivity contribution in [3.05, 3.63) is 9.49 Å². The van der Waals surface area contributed by atoms with Crippen molar-refractivity contribution in [2.45, 2.75) is 4.34 Å². The van der Waals surface area contributed by atoms with Crippen molar-refractivity contribution >= 4 is 46.3 Å². The molecule has 0 aliphatic rings. The highest BCUT2D eigenvalue weighted by Crippen LogP contribution is 2.33. The SMILES string of the molecule is N#CSc1nc(Cl)c(Cl)s1. The van der Waals surface area contributed by atoms with E-state index in [-0.39, 0.29) is 5.15 Å². The normalized spacial score (nSPS) is 9.30. The van der Waals surface area contributed by atoms with Crippen LogP contribution in [0.4, 0.5) is 0 Å². The van der Waals surface area contributed by atoms with Gasteiger partial charge in [0.05, 0.1) is 0 Å². The molecule has 0 aliphatic carbocycles. The van der Waals surface area contributed by atoms with Gasteiger partial charge in [-0.15, -0.1) is 0 Å². The van der Waals surface area contributed by atoms with Gasteiger partial charge in [0.2, 0.25) is 0 Å². The van der Waals surface area contributed by atoms with Crippen LogP contribution in [0.2, 0.25) is 9.49 Å². The molecule has 6 heteroatoms. The quantitative estimate of drug-likeness (QED) is 0.529. The average Bonchev–Trinajstić information content (AvgIpc) is 2.14. The predicted molar refractivity (Wildman–Crippen MR) is 43.6 cm³/mol. The highest BCUT2D eigenvalue weighted by atomic mass is 35.5. The maximum absolute atomic E-state index is 8.21. The first-order valence-electron chi connectivity index (χ1n) is 2.12. The number of rotatable bonds is 1. The van der Waals surface area contributed by atoms with Crippen LogP contribution in [0, 0.1) is 10.7 Å². The van der Waals surface area contributed by atoms with Gasteiger partial charge in [-0.05, 0) is 0 Å². The first kappa shape index (κ1) is 8.15. The Morgan fingerprint density at radius 1 is 1.60 bits per heavy atom. The van der Waals surface area contributed by atoms with E-state index in [9.17, 15) is 0 Å². The van der Waals surface area contributed by atoms with E-state index in [1.54, 1.807) is 0 Å². The Kier molecular flexibility index (Phi) is 2.81. The zero-order valence-corrected chi connectivity index (χ0v) is 7.61. The van der Waals surface area contributed by atoms with Crippen LogP contribution < -0.4 is 0 Å². The summed E-state index contributed by atoms with van der Waals surface area (Å²) in [4.78, 5) is 3.79. The summed E-state index contributed by atoms with van der Waals surface area (Å²) in [5.74, 6) is 0. The molecule has 0 atom stereocenters. The monoisotopic (exact) mass is 210 g/mol. The number of nitriles is 1. The lowest BCUT2D eigenvalue weighted by atomic mass is 11.0. The Hall–Kier alpha value is 0.0500. The molecule has 0 amide bonds. The fourth-order valence-electron chi connectivity index (χ4n) is 0.348.